The first kappa shape index (κ1) is 56.2. The maximum Gasteiger partial charge on any atom is 0.268 e. The van der Waals surface area contributed by atoms with Crippen LogP contribution < -0.4 is 10.2 Å². The summed E-state index contributed by atoms with van der Waals surface area (Å²) in [6, 6.07) is -0.940. The molecule has 9 heteroatoms. The second-order valence-electron chi connectivity index (χ2n) is 16.0. The van der Waals surface area contributed by atoms with Gasteiger partial charge in [0, 0.05) is 6.42 Å². The Hall–Kier alpha value is -2.84. The van der Waals surface area contributed by atoms with Crippen LogP contribution in [-0.4, -0.2) is 68.5 Å². The van der Waals surface area contributed by atoms with Crippen LogP contribution in [0.2, 0.25) is 0 Å². The third-order valence-electron chi connectivity index (χ3n) is 9.19. The topological polar surface area (TPSA) is 108 Å². The Labute approximate surface area is 361 Å². The minimum atomic E-state index is -4.62. The molecule has 3 unspecified atom stereocenters. The maximum atomic E-state index is 12.9. The van der Waals surface area contributed by atoms with Gasteiger partial charge in [0.25, 0.3) is 7.82 Å². The predicted octanol–water partition coefficient (Wildman–Crippen LogP) is 12.3. The highest BCUT2D eigenvalue weighted by Gasteiger charge is 2.23. The lowest BCUT2D eigenvalue weighted by molar-refractivity contribution is -0.870. The van der Waals surface area contributed by atoms with E-state index in [0.29, 0.717) is 23.9 Å². The van der Waals surface area contributed by atoms with Crippen LogP contribution in [0.5, 0.6) is 0 Å². The normalized spacial score (nSPS) is 15.3. The Morgan fingerprint density at radius 2 is 1.05 bits per heavy atom. The van der Waals surface area contributed by atoms with Crippen molar-refractivity contribution in [3.05, 3.63) is 109 Å². The second-order valence-corrected chi connectivity index (χ2v) is 17.4. The molecule has 0 radical (unpaired) electrons. The zero-order valence-corrected chi connectivity index (χ0v) is 38.8. The predicted molar refractivity (Wildman–Crippen MR) is 251 cm³/mol. The number of nitrogens with zero attached hydrogens (tertiary/aromatic N) is 1. The van der Waals surface area contributed by atoms with Crippen molar-refractivity contribution in [1.82, 2.24) is 5.32 Å². The molecule has 0 fully saturated rings. The number of hydrogen-bond acceptors (Lipinski definition) is 6. The van der Waals surface area contributed by atoms with Gasteiger partial charge in [0.05, 0.1) is 39.9 Å². The summed E-state index contributed by atoms with van der Waals surface area (Å²) in [6.07, 6.45) is 58.6. The fraction of sp³-hybridized carbons (Fsp3) is 0.620. The van der Waals surface area contributed by atoms with Crippen LogP contribution in [0.4, 0.5) is 0 Å². The van der Waals surface area contributed by atoms with Crippen molar-refractivity contribution in [1.29, 1.82) is 0 Å². The number of phosphoric acid groups is 1. The number of likely N-dealkylation sites (N-methyl/N-ethyl adjacent to an activating group) is 1. The molecule has 0 bridgehead atoms. The van der Waals surface area contributed by atoms with Crippen molar-refractivity contribution in [3.63, 3.8) is 0 Å². The number of unbranched alkanes of at least 4 members (excludes halogenated alkanes) is 10. The third-order valence-corrected chi connectivity index (χ3v) is 10.2. The fourth-order valence-corrected chi connectivity index (χ4v) is 6.32. The van der Waals surface area contributed by atoms with Gasteiger partial charge in [-0.1, -0.05) is 155 Å². The summed E-state index contributed by atoms with van der Waals surface area (Å²) in [4.78, 5) is 25.3. The molecule has 336 valence electrons. The first-order chi connectivity index (χ1) is 28.5. The minimum Gasteiger partial charge on any atom is -0.756 e. The smallest absolute Gasteiger partial charge is 0.268 e. The van der Waals surface area contributed by atoms with E-state index in [2.05, 4.69) is 116 Å². The van der Waals surface area contributed by atoms with Crippen molar-refractivity contribution in [2.75, 3.05) is 40.9 Å². The number of phosphoric ester groups is 1. The van der Waals surface area contributed by atoms with Gasteiger partial charge in [-0.05, 0) is 96.3 Å². The Balaban J connectivity index is 4.60. The van der Waals surface area contributed by atoms with E-state index in [1.54, 1.807) is 6.08 Å². The summed E-state index contributed by atoms with van der Waals surface area (Å²) in [5.41, 5.74) is 0. The standard InChI is InChI=1S/C50H85N2O6P/c1-6-8-10-12-14-16-18-20-22-24-25-26-27-28-30-32-34-36-38-40-42-44-50(54)51-48(47-58-59(55,56)57-46-45-52(3,4)5)49(53)43-41-39-37-35-33-31-29-23-21-19-17-15-13-11-9-7-2/h8,10,14,16,20-23,25-26,28,30,33-36,41,43,48-49,53H,6-7,9,11-13,15,17-19,24,27,29,31-32,37-40,42,44-47H2,1-5H3,(H-,51,54,55,56)/b10-8-,16-14-,22-20-,23-21+,26-25-,30-28-,35-33+,36-34-,43-41+. The molecule has 0 aliphatic rings. The molecule has 0 saturated carbocycles. The van der Waals surface area contributed by atoms with Crippen molar-refractivity contribution in [2.24, 2.45) is 0 Å². The fourth-order valence-electron chi connectivity index (χ4n) is 5.60. The first-order valence-corrected chi connectivity index (χ1v) is 24.2. The van der Waals surface area contributed by atoms with Gasteiger partial charge in [-0.25, -0.2) is 0 Å². The first-order valence-electron chi connectivity index (χ1n) is 22.7. The molecule has 8 nitrogen and oxygen atoms in total. The van der Waals surface area contributed by atoms with Crippen molar-refractivity contribution in [3.8, 4) is 0 Å². The summed E-state index contributed by atoms with van der Waals surface area (Å²) in [6.45, 7) is 4.42. The zero-order chi connectivity index (χ0) is 43.6. The highest BCUT2D eigenvalue weighted by Crippen LogP contribution is 2.38. The number of carbonyl (C=O) groups is 1. The molecule has 0 aromatic carbocycles. The van der Waals surface area contributed by atoms with E-state index in [9.17, 15) is 19.4 Å². The molecule has 0 aromatic rings. The molecular formula is C50H85N2O6P. The summed E-state index contributed by atoms with van der Waals surface area (Å²) in [5, 5.41) is 13.7. The van der Waals surface area contributed by atoms with E-state index >= 15 is 0 Å². The van der Waals surface area contributed by atoms with Gasteiger partial charge in [0.1, 0.15) is 13.2 Å². The number of aliphatic hydroxyl groups excluding tert-OH is 1. The Kier molecular flexibility index (Phi) is 38.6. The lowest BCUT2D eigenvalue weighted by Crippen LogP contribution is -2.45. The molecule has 2 N–H and O–H groups in total. The van der Waals surface area contributed by atoms with Gasteiger partial charge in [0.15, 0.2) is 0 Å². The van der Waals surface area contributed by atoms with Crippen LogP contribution >= 0.6 is 7.82 Å². The average Bonchev–Trinajstić information content (AvgIpc) is 3.19. The van der Waals surface area contributed by atoms with E-state index in [0.717, 1.165) is 77.0 Å². The van der Waals surface area contributed by atoms with E-state index in [4.69, 9.17) is 9.05 Å². The highest BCUT2D eigenvalue weighted by atomic mass is 31.2. The Bertz CT molecular complexity index is 1320. The van der Waals surface area contributed by atoms with Crippen molar-refractivity contribution < 1.29 is 32.9 Å². The summed E-state index contributed by atoms with van der Waals surface area (Å²) < 4.78 is 23.2. The monoisotopic (exact) mass is 841 g/mol. The van der Waals surface area contributed by atoms with Crippen LogP contribution in [0.3, 0.4) is 0 Å². The van der Waals surface area contributed by atoms with Gasteiger partial charge < -0.3 is 28.8 Å². The summed E-state index contributed by atoms with van der Waals surface area (Å²) in [7, 11) is 1.18. The molecule has 0 heterocycles. The quantitative estimate of drug-likeness (QED) is 0.0276. The highest BCUT2D eigenvalue weighted by molar-refractivity contribution is 7.45. The van der Waals surface area contributed by atoms with Gasteiger partial charge in [-0.2, -0.15) is 0 Å². The summed E-state index contributed by atoms with van der Waals surface area (Å²) >= 11 is 0. The minimum absolute atomic E-state index is 0.0243. The van der Waals surface area contributed by atoms with Crippen LogP contribution in [0.15, 0.2) is 109 Å². The number of amides is 1. The van der Waals surface area contributed by atoms with Gasteiger partial charge >= 0.3 is 0 Å². The number of quaternary nitrogens is 1. The van der Waals surface area contributed by atoms with E-state index in [1.807, 2.05) is 27.2 Å². The third kappa shape index (κ3) is 43.1. The van der Waals surface area contributed by atoms with E-state index in [-0.39, 0.29) is 18.9 Å². The molecule has 59 heavy (non-hydrogen) atoms. The van der Waals surface area contributed by atoms with Gasteiger partial charge in [0.2, 0.25) is 5.91 Å². The van der Waals surface area contributed by atoms with Crippen LogP contribution in [0, 0.1) is 0 Å². The van der Waals surface area contributed by atoms with Crippen LogP contribution in [-0.2, 0) is 18.4 Å². The molecule has 1 amide bonds. The van der Waals surface area contributed by atoms with E-state index < -0.39 is 26.6 Å². The number of allylic oxidation sites excluding steroid dienone is 17. The molecule has 0 aromatic heterocycles. The number of hydrogen-bond donors (Lipinski definition) is 2. The molecular weight excluding hydrogens is 756 g/mol. The van der Waals surface area contributed by atoms with Crippen molar-refractivity contribution >= 4 is 13.7 Å². The molecule has 0 saturated heterocycles. The van der Waals surface area contributed by atoms with Crippen LogP contribution in [0.1, 0.15) is 149 Å². The summed E-state index contributed by atoms with van der Waals surface area (Å²) in [5.74, 6) is -0.260. The average molecular weight is 841 g/mol. The molecule has 0 spiro atoms. The largest absolute Gasteiger partial charge is 0.756 e. The number of nitrogens with one attached hydrogen (secondary N) is 1. The molecule has 0 rings (SSSR count). The van der Waals surface area contributed by atoms with Gasteiger partial charge in [-0.15, -0.1) is 0 Å². The molecule has 0 aliphatic carbocycles. The number of rotatable bonds is 39. The van der Waals surface area contributed by atoms with Crippen LogP contribution in [0.25, 0.3) is 0 Å². The SMILES string of the molecule is CC/C=C\C/C=C\C/C=C\C/C=C\C/C=C\C/C=C\CCCCC(=O)NC(COP(=O)([O-])OCC[N+](C)(C)C)C(O)/C=C/CC/C=C/CC/C=C/CCCCCCCC. The Morgan fingerprint density at radius 1 is 0.610 bits per heavy atom. The Morgan fingerprint density at radius 3 is 1.58 bits per heavy atom. The van der Waals surface area contributed by atoms with Gasteiger partial charge in [-0.3, -0.25) is 9.36 Å². The molecule has 3 atom stereocenters. The zero-order valence-electron chi connectivity index (χ0n) is 37.9. The number of aliphatic hydroxyl groups is 1. The second kappa shape index (κ2) is 40.6. The number of carbonyl (C=O) groups excluding carboxylic acids is 1. The lowest BCUT2D eigenvalue weighted by Gasteiger charge is -2.29. The molecule has 0 aliphatic heterocycles. The maximum absolute atomic E-state index is 12.9. The lowest BCUT2D eigenvalue weighted by atomic mass is 10.1. The van der Waals surface area contributed by atoms with Crippen molar-refractivity contribution in [2.45, 2.75) is 161 Å². The van der Waals surface area contributed by atoms with E-state index in [1.165, 1.54) is 38.5 Å².